The first-order chi connectivity index (χ1) is 5.81. The second-order valence-corrected chi connectivity index (χ2v) is 3.06. The van der Waals surface area contributed by atoms with Crippen LogP contribution in [0.4, 0.5) is 22.0 Å². The SMILES string of the molecule is FC(F)(F)C(F)(F)C=COCCI. The molecule has 0 saturated carbocycles. The minimum absolute atomic E-state index is 0.102. The van der Waals surface area contributed by atoms with Crippen molar-refractivity contribution in [3.63, 3.8) is 0 Å². The predicted octanol–water partition coefficient (Wildman–Crippen LogP) is 3.15. The van der Waals surface area contributed by atoms with Crippen molar-refractivity contribution in [3.05, 3.63) is 12.3 Å². The molecular weight excluding hydrogens is 310 g/mol. The van der Waals surface area contributed by atoms with Crippen LogP contribution in [0.3, 0.4) is 0 Å². The maximum atomic E-state index is 12.1. The maximum Gasteiger partial charge on any atom is 0.457 e. The van der Waals surface area contributed by atoms with Gasteiger partial charge >= 0.3 is 12.1 Å². The van der Waals surface area contributed by atoms with E-state index in [1.54, 1.807) is 0 Å². The molecule has 1 nitrogen and oxygen atoms in total. The van der Waals surface area contributed by atoms with E-state index in [9.17, 15) is 22.0 Å². The second-order valence-electron chi connectivity index (χ2n) is 1.98. The lowest BCUT2D eigenvalue weighted by atomic mass is 10.3. The Kier molecular flexibility index (Phi) is 4.93. The van der Waals surface area contributed by atoms with Gasteiger partial charge in [-0.15, -0.1) is 0 Å². The molecule has 0 aromatic carbocycles. The van der Waals surface area contributed by atoms with E-state index in [2.05, 4.69) is 4.74 Å². The molecule has 0 saturated heterocycles. The third-order valence-corrected chi connectivity index (χ3v) is 1.39. The zero-order chi connectivity index (χ0) is 10.5. The van der Waals surface area contributed by atoms with Crippen molar-refractivity contribution >= 4 is 22.6 Å². The minimum Gasteiger partial charge on any atom is -0.500 e. The van der Waals surface area contributed by atoms with Crippen molar-refractivity contribution in [1.82, 2.24) is 0 Å². The van der Waals surface area contributed by atoms with Gasteiger partial charge < -0.3 is 4.74 Å². The second kappa shape index (κ2) is 4.97. The fourth-order valence-corrected chi connectivity index (χ4v) is 0.595. The van der Waals surface area contributed by atoms with Crippen LogP contribution in [0, 0.1) is 0 Å². The first-order valence-corrected chi connectivity index (χ1v) is 4.63. The van der Waals surface area contributed by atoms with Crippen molar-refractivity contribution in [2.24, 2.45) is 0 Å². The molecule has 0 aliphatic heterocycles. The van der Waals surface area contributed by atoms with Crippen molar-refractivity contribution in [1.29, 1.82) is 0 Å². The smallest absolute Gasteiger partial charge is 0.457 e. The average Bonchev–Trinajstić information content (AvgIpc) is 1.96. The van der Waals surface area contributed by atoms with E-state index in [0.717, 1.165) is 0 Å². The quantitative estimate of drug-likeness (QED) is 0.255. The van der Waals surface area contributed by atoms with Crippen LogP contribution in [0.2, 0.25) is 0 Å². The van der Waals surface area contributed by atoms with Crippen LogP contribution in [0.5, 0.6) is 0 Å². The minimum atomic E-state index is -5.56. The number of allylic oxidation sites excluding steroid dienone is 1. The number of hydrogen-bond acceptors (Lipinski definition) is 1. The van der Waals surface area contributed by atoms with Crippen molar-refractivity contribution < 1.29 is 26.7 Å². The lowest BCUT2D eigenvalue weighted by Crippen LogP contribution is -2.34. The van der Waals surface area contributed by atoms with Gasteiger partial charge in [0.2, 0.25) is 0 Å². The van der Waals surface area contributed by atoms with Gasteiger partial charge in [0.05, 0.1) is 12.9 Å². The van der Waals surface area contributed by atoms with Crippen LogP contribution in [-0.2, 0) is 4.74 Å². The molecule has 0 atom stereocenters. The first-order valence-electron chi connectivity index (χ1n) is 3.11. The molecule has 0 N–H and O–H groups in total. The number of halogens is 6. The summed E-state index contributed by atoms with van der Waals surface area (Å²) < 4.78 is 63.4. The van der Waals surface area contributed by atoms with E-state index in [4.69, 9.17) is 0 Å². The standard InChI is InChI=1S/C6H6F5IO/c7-5(8,6(9,10)11)1-3-13-4-2-12/h1,3H,2,4H2. The number of alkyl halides is 6. The van der Waals surface area contributed by atoms with E-state index in [1.165, 1.54) is 0 Å². The highest BCUT2D eigenvalue weighted by Gasteiger charge is 2.55. The third kappa shape index (κ3) is 4.63. The molecule has 0 aromatic rings. The summed E-state index contributed by atoms with van der Waals surface area (Å²) >= 11 is 1.90. The molecule has 0 aliphatic carbocycles. The fraction of sp³-hybridized carbons (Fsp3) is 0.667. The Morgan fingerprint density at radius 2 is 1.69 bits per heavy atom. The summed E-state index contributed by atoms with van der Waals surface area (Å²) in [4.78, 5) is 0. The summed E-state index contributed by atoms with van der Waals surface area (Å²) in [7, 11) is 0. The van der Waals surface area contributed by atoms with Gasteiger partial charge in [-0.25, -0.2) is 0 Å². The Morgan fingerprint density at radius 1 is 1.15 bits per heavy atom. The van der Waals surface area contributed by atoms with Crippen LogP contribution in [-0.4, -0.2) is 23.1 Å². The third-order valence-electron chi connectivity index (χ3n) is 0.947. The molecular formula is C6H6F5IO. The molecule has 0 aromatic heterocycles. The van der Waals surface area contributed by atoms with Gasteiger partial charge in [-0.2, -0.15) is 22.0 Å². The van der Waals surface area contributed by atoms with Gasteiger partial charge in [-0.3, -0.25) is 0 Å². The van der Waals surface area contributed by atoms with E-state index in [-0.39, 0.29) is 12.7 Å². The summed E-state index contributed by atoms with van der Waals surface area (Å²) in [6.45, 7) is 0.102. The molecule has 0 rings (SSSR count). The largest absolute Gasteiger partial charge is 0.500 e. The van der Waals surface area contributed by atoms with Gasteiger partial charge in [-0.1, -0.05) is 22.6 Å². The van der Waals surface area contributed by atoms with Crippen molar-refractivity contribution in [2.75, 3.05) is 11.0 Å². The van der Waals surface area contributed by atoms with Gasteiger partial charge in [0.1, 0.15) is 0 Å². The molecule has 0 heterocycles. The number of hydrogen-bond donors (Lipinski definition) is 0. The first kappa shape index (κ1) is 12.9. The molecule has 0 unspecified atom stereocenters. The summed E-state index contributed by atoms with van der Waals surface area (Å²) in [5.41, 5.74) is 0. The molecule has 0 fully saturated rings. The zero-order valence-corrected chi connectivity index (χ0v) is 8.40. The Balaban J connectivity index is 4.09. The Hall–Kier alpha value is -0.0800. The van der Waals surface area contributed by atoms with E-state index >= 15 is 0 Å². The highest BCUT2D eigenvalue weighted by Crippen LogP contribution is 2.36. The summed E-state index contributed by atoms with van der Waals surface area (Å²) in [5.74, 6) is -4.82. The van der Waals surface area contributed by atoms with Crippen LogP contribution in [0.15, 0.2) is 12.3 Å². The normalized spacial score (nSPS) is 13.7. The van der Waals surface area contributed by atoms with Crippen LogP contribution < -0.4 is 0 Å². The van der Waals surface area contributed by atoms with Gasteiger partial charge in [0.15, 0.2) is 0 Å². The summed E-state index contributed by atoms with van der Waals surface area (Å²) in [5, 5.41) is 0. The monoisotopic (exact) mass is 316 g/mol. The molecule has 0 spiro atoms. The van der Waals surface area contributed by atoms with Crippen LogP contribution in [0.1, 0.15) is 0 Å². The molecule has 13 heavy (non-hydrogen) atoms. The average molecular weight is 316 g/mol. The maximum absolute atomic E-state index is 12.1. The molecule has 7 heteroatoms. The Bertz CT molecular complexity index is 176. The van der Waals surface area contributed by atoms with E-state index in [0.29, 0.717) is 10.7 Å². The Labute approximate surface area is 85.1 Å². The topological polar surface area (TPSA) is 9.23 Å². The molecule has 78 valence electrons. The van der Waals surface area contributed by atoms with Crippen LogP contribution >= 0.6 is 22.6 Å². The van der Waals surface area contributed by atoms with Gasteiger partial charge in [-0.05, 0) is 0 Å². The molecule has 0 aliphatic rings. The predicted molar refractivity (Wildman–Crippen MR) is 45.0 cm³/mol. The van der Waals surface area contributed by atoms with Gasteiger partial charge in [0.25, 0.3) is 0 Å². The highest BCUT2D eigenvalue weighted by atomic mass is 127. The molecule has 0 amide bonds. The fourth-order valence-electron chi connectivity index (χ4n) is 0.341. The van der Waals surface area contributed by atoms with Crippen LogP contribution in [0.25, 0.3) is 0 Å². The molecule has 0 radical (unpaired) electrons. The van der Waals surface area contributed by atoms with Gasteiger partial charge in [0, 0.05) is 10.5 Å². The number of rotatable bonds is 4. The van der Waals surface area contributed by atoms with E-state index in [1.807, 2.05) is 22.6 Å². The number of ether oxygens (including phenoxy) is 1. The van der Waals surface area contributed by atoms with Crippen molar-refractivity contribution in [2.45, 2.75) is 12.1 Å². The zero-order valence-electron chi connectivity index (χ0n) is 6.24. The van der Waals surface area contributed by atoms with E-state index < -0.39 is 12.1 Å². The highest BCUT2D eigenvalue weighted by molar-refractivity contribution is 14.1. The molecule has 0 bridgehead atoms. The summed E-state index contributed by atoms with van der Waals surface area (Å²) in [6, 6.07) is 0. The van der Waals surface area contributed by atoms with Crippen molar-refractivity contribution in [3.8, 4) is 0 Å². The lowest BCUT2D eigenvalue weighted by molar-refractivity contribution is -0.259. The summed E-state index contributed by atoms with van der Waals surface area (Å²) in [6.07, 6.45) is -5.50. The lowest BCUT2D eigenvalue weighted by Gasteiger charge is -2.14. The Morgan fingerprint density at radius 3 is 2.08 bits per heavy atom.